The average Bonchev–Trinajstić information content (AvgIpc) is 3.02. The Bertz CT molecular complexity index is 883. The van der Waals surface area contributed by atoms with E-state index in [1.54, 1.807) is 24.1 Å². The minimum absolute atomic E-state index is 0.0851. The van der Waals surface area contributed by atoms with Gasteiger partial charge in [0.05, 0.1) is 6.54 Å². The molecule has 0 N–H and O–H groups in total. The molecule has 0 saturated heterocycles. The van der Waals surface area contributed by atoms with Crippen LogP contribution in [0.1, 0.15) is 27.4 Å². The summed E-state index contributed by atoms with van der Waals surface area (Å²) in [5, 5.41) is 4.61. The van der Waals surface area contributed by atoms with Crippen molar-refractivity contribution in [3.63, 3.8) is 0 Å². The third-order valence-corrected chi connectivity index (χ3v) is 4.01. The van der Waals surface area contributed by atoms with Gasteiger partial charge in [-0.05, 0) is 50.2 Å². The van der Waals surface area contributed by atoms with Crippen LogP contribution in [0.4, 0.5) is 0 Å². The van der Waals surface area contributed by atoms with Gasteiger partial charge in [-0.2, -0.15) is 4.98 Å². The number of aryl methyl sites for hydroxylation is 2. The van der Waals surface area contributed by atoms with Crippen LogP contribution in [-0.4, -0.2) is 28.0 Å². The van der Waals surface area contributed by atoms with Crippen molar-refractivity contribution in [2.45, 2.75) is 20.4 Å². The molecule has 5 nitrogen and oxygen atoms in total. The van der Waals surface area contributed by atoms with Gasteiger partial charge >= 0.3 is 0 Å². The Hall–Kier alpha value is -2.66. The van der Waals surface area contributed by atoms with Crippen LogP contribution in [-0.2, 0) is 6.54 Å². The Labute approximate surface area is 151 Å². The first kappa shape index (κ1) is 17.2. The van der Waals surface area contributed by atoms with Gasteiger partial charge in [0.25, 0.3) is 5.91 Å². The van der Waals surface area contributed by atoms with Gasteiger partial charge in [-0.3, -0.25) is 4.79 Å². The van der Waals surface area contributed by atoms with Gasteiger partial charge in [0.15, 0.2) is 0 Å². The van der Waals surface area contributed by atoms with Crippen molar-refractivity contribution in [1.82, 2.24) is 15.0 Å². The molecule has 3 rings (SSSR count). The second-order valence-corrected chi connectivity index (χ2v) is 6.49. The van der Waals surface area contributed by atoms with E-state index in [0.717, 1.165) is 16.7 Å². The number of carbonyl (C=O) groups excluding carboxylic acids is 1. The second-order valence-electron chi connectivity index (χ2n) is 6.06. The molecule has 25 heavy (non-hydrogen) atoms. The summed E-state index contributed by atoms with van der Waals surface area (Å²) in [7, 11) is 1.71. The molecule has 0 spiro atoms. The van der Waals surface area contributed by atoms with E-state index in [9.17, 15) is 4.79 Å². The van der Waals surface area contributed by atoms with Crippen LogP contribution < -0.4 is 0 Å². The van der Waals surface area contributed by atoms with E-state index in [2.05, 4.69) is 10.1 Å². The van der Waals surface area contributed by atoms with Crippen molar-refractivity contribution in [2.75, 3.05) is 7.05 Å². The molecule has 0 saturated carbocycles. The lowest BCUT2D eigenvalue weighted by atomic mass is 10.1. The lowest BCUT2D eigenvalue weighted by Gasteiger charge is -2.15. The fourth-order valence-electron chi connectivity index (χ4n) is 2.63. The van der Waals surface area contributed by atoms with Crippen LogP contribution >= 0.6 is 11.6 Å². The zero-order valence-electron chi connectivity index (χ0n) is 14.3. The summed E-state index contributed by atoms with van der Waals surface area (Å²) in [6.45, 7) is 4.19. The molecule has 1 heterocycles. The third kappa shape index (κ3) is 4.06. The molecule has 1 aromatic heterocycles. The van der Waals surface area contributed by atoms with E-state index in [1.165, 1.54) is 0 Å². The number of aromatic nitrogens is 2. The first-order valence-corrected chi connectivity index (χ1v) is 8.22. The van der Waals surface area contributed by atoms with Crippen LogP contribution in [0.2, 0.25) is 5.02 Å². The van der Waals surface area contributed by atoms with Gasteiger partial charge < -0.3 is 9.42 Å². The Morgan fingerprint density at radius 2 is 1.76 bits per heavy atom. The number of hydrogen-bond donors (Lipinski definition) is 0. The molecule has 3 aromatic rings. The van der Waals surface area contributed by atoms with Crippen LogP contribution in [0.3, 0.4) is 0 Å². The summed E-state index contributed by atoms with van der Waals surface area (Å²) in [5.41, 5.74) is 3.57. The Morgan fingerprint density at radius 3 is 2.40 bits per heavy atom. The summed E-state index contributed by atoms with van der Waals surface area (Å²) >= 11 is 5.88. The topological polar surface area (TPSA) is 59.2 Å². The van der Waals surface area contributed by atoms with Crippen LogP contribution in [0.25, 0.3) is 11.4 Å². The predicted molar refractivity (Wildman–Crippen MR) is 96.5 cm³/mol. The van der Waals surface area contributed by atoms with Crippen LogP contribution in [0.15, 0.2) is 47.0 Å². The lowest BCUT2D eigenvalue weighted by Crippen LogP contribution is -2.26. The third-order valence-electron chi connectivity index (χ3n) is 3.76. The summed E-state index contributed by atoms with van der Waals surface area (Å²) in [4.78, 5) is 18.5. The minimum Gasteiger partial charge on any atom is -0.337 e. The molecule has 2 aromatic carbocycles. The summed E-state index contributed by atoms with van der Waals surface area (Å²) in [6.07, 6.45) is 0. The molecule has 0 atom stereocenters. The monoisotopic (exact) mass is 355 g/mol. The molecular formula is C19H18ClN3O2. The van der Waals surface area contributed by atoms with E-state index in [1.807, 2.05) is 44.2 Å². The van der Waals surface area contributed by atoms with Gasteiger partial charge in [0, 0.05) is 23.2 Å². The average molecular weight is 356 g/mol. The molecule has 0 radical (unpaired) electrons. The fourth-order valence-corrected chi connectivity index (χ4v) is 2.75. The number of carbonyl (C=O) groups is 1. The zero-order chi connectivity index (χ0) is 18.0. The largest absolute Gasteiger partial charge is 0.337 e. The van der Waals surface area contributed by atoms with Crippen molar-refractivity contribution < 1.29 is 9.32 Å². The highest BCUT2D eigenvalue weighted by Gasteiger charge is 2.16. The summed E-state index contributed by atoms with van der Waals surface area (Å²) in [6, 6.07) is 13.0. The highest BCUT2D eigenvalue weighted by Crippen LogP contribution is 2.19. The zero-order valence-corrected chi connectivity index (χ0v) is 15.0. The molecule has 0 aliphatic rings. The lowest BCUT2D eigenvalue weighted by molar-refractivity contribution is 0.0769. The van der Waals surface area contributed by atoms with Gasteiger partial charge in [-0.15, -0.1) is 0 Å². The fraction of sp³-hybridized carbons (Fsp3) is 0.211. The number of rotatable bonds is 4. The number of benzene rings is 2. The SMILES string of the molecule is Cc1cc(C)cc(C(=O)N(C)Cc2nc(-c3ccc(Cl)cc3)no2)c1. The Morgan fingerprint density at radius 1 is 1.12 bits per heavy atom. The quantitative estimate of drug-likeness (QED) is 0.700. The van der Waals surface area contributed by atoms with Gasteiger partial charge in [0.1, 0.15) is 0 Å². The van der Waals surface area contributed by atoms with Crippen molar-refractivity contribution in [1.29, 1.82) is 0 Å². The highest BCUT2D eigenvalue weighted by atomic mass is 35.5. The van der Waals surface area contributed by atoms with Crippen molar-refractivity contribution in [2.24, 2.45) is 0 Å². The molecule has 0 fully saturated rings. The van der Waals surface area contributed by atoms with E-state index in [0.29, 0.717) is 22.3 Å². The summed E-state index contributed by atoms with van der Waals surface area (Å²) in [5.74, 6) is 0.766. The van der Waals surface area contributed by atoms with E-state index in [-0.39, 0.29) is 12.5 Å². The Kier molecular flexibility index (Phi) is 4.86. The van der Waals surface area contributed by atoms with Gasteiger partial charge in [0.2, 0.25) is 11.7 Å². The Balaban J connectivity index is 1.73. The van der Waals surface area contributed by atoms with Crippen LogP contribution in [0.5, 0.6) is 0 Å². The van der Waals surface area contributed by atoms with E-state index in [4.69, 9.17) is 16.1 Å². The van der Waals surface area contributed by atoms with E-state index >= 15 is 0 Å². The second kappa shape index (κ2) is 7.07. The summed E-state index contributed by atoms with van der Waals surface area (Å²) < 4.78 is 5.27. The van der Waals surface area contributed by atoms with Crippen molar-refractivity contribution in [3.05, 3.63) is 70.1 Å². The molecule has 0 aliphatic carbocycles. The van der Waals surface area contributed by atoms with Crippen molar-refractivity contribution in [3.8, 4) is 11.4 Å². The maximum atomic E-state index is 12.6. The number of nitrogens with zero attached hydrogens (tertiary/aromatic N) is 3. The molecule has 0 unspecified atom stereocenters. The standard InChI is InChI=1S/C19H18ClN3O2/c1-12-8-13(2)10-15(9-12)19(24)23(3)11-17-21-18(22-25-17)14-4-6-16(20)7-5-14/h4-10H,11H2,1-3H3. The van der Waals surface area contributed by atoms with Gasteiger partial charge in [-0.1, -0.05) is 34.0 Å². The molecule has 1 amide bonds. The molecular weight excluding hydrogens is 338 g/mol. The molecule has 6 heteroatoms. The maximum Gasteiger partial charge on any atom is 0.254 e. The predicted octanol–water partition coefficient (Wildman–Crippen LogP) is 4.28. The first-order valence-electron chi connectivity index (χ1n) is 7.84. The maximum absolute atomic E-state index is 12.6. The van der Waals surface area contributed by atoms with E-state index < -0.39 is 0 Å². The smallest absolute Gasteiger partial charge is 0.254 e. The molecule has 0 aliphatic heterocycles. The molecule has 0 bridgehead atoms. The normalized spacial score (nSPS) is 10.7. The van der Waals surface area contributed by atoms with Crippen molar-refractivity contribution >= 4 is 17.5 Å². The van der Waals surface area contributed by atoms with Gasteiger partial charge in [-0.25, -0.2) is 0 Å². The number of amides is 1. The van der Waals surface area contributed by atoms with Crippen LogP contribution in [0, 0.1) is 13.8 Å². The number of halogens is 1. The first-order chi connectivity index (χ1) is 11.9. The molecule has 128 valence electrons. The minimum atomic E-state index is -0.0851. The highest BCUT2D eigenvalue weighted by molar-refractivity contribution is 6.30. The number of hydrogen-bond acceptors (Lipinski definition) is 4.